The van der Waals surface area contributed by atoms with Gasteiger partial charge >= 0.3 is 0 Å². The predicted molar refractivity (Wildman–Crippen MR) is 57.7 cm³/mol. The molecule has 13 heavy (non-hydrogen) atoms. The van der Waals surface area contributed by atoms with E-state index in [-0.39, 0.29) is 0 Å². The van der Waals surface area contributed by atoms with Crippen molar-refractivity contribution in [2.75, 3.05) is 0 Å². The number of aromatic nitrogens is 1. The molecule has 70 valence electrons. The first kappa shape index (κ1) is 9.99. The molecule has 0 radical (unpaired) electrons. The third kappa shape index (κ3) is 4.47. The Bertz CT molecular complexity index is 277. The van der Waals surface area contributed by atoms with Crippen LogP contribution in [-0.2, 0) is 4.43 Å². The molecule has 2 nitrogen and oxygen atoms in total. The monoisotopic (exact) mass is 193 g/mol. The molecule has 0 atom stereocenters. The Kier molecular flexibility index (Phi) is 3.25. The van der Waals surface area contributed by atoms with Crippen molar-refractivity contribution in [2.45, 2.75) is 19.6 Å². The second-order valence-electron chi connectivity index (χ2n) is 3.81. The molecular formula is C10H15NOSi. The second-order valence-corrected chi connectivity index (χ2v) is 8.27. The minimum Gasteiger partial charge on any atom is -0.550 e. The molecule has 0 aliphatic rings. The summed E-state index contributed by atoms with van der Waals surface area (Å²) in [7, 11) is -1.41. The first-order valence-electron chi connectivity index (χ1n) is 4.32. The fourth-order valence-corrected chi connectivity index (χ4v) is 1.27. The fraction of sp³-hybridized carbons (Fsp3) is 0.300. The number of hydrogen-bond acceptors (Lipinski definition) is 2. The second kappa shape index (κ2) is 4.23. The molecule has 0 bridgehead atoms. The lowest BCUT2D eigenvalue weighted by molar-refractivity contribution is 0.483. The van der Waals surface area contributed by atoms with Crippen molar-refractivity contribution in [2.24, 2.45) is 0 Å². The Morgan fingerprint density at radius 1 is 1.23 bits per heavy atom. The number of hydrogen-bond donors (Lipinski definition) is 0. The molecule has 0 aromatic carbocycles. The molecule has 0 fully saturated rings. The van der Waals surface area contributed by atoms with Crippen LogP contribution in [0.4, 0.5) is 0 Å². The average Bonchev–Trinajstić information content (AvgIpc) is 2.04. The van der Waals surface area contributed by atoms with E-state index in [1.807, 2.05) is 18.2 Å². The molecule has 0 unspecified atom stereocenters. The lowest BCUT2D eigenvalue weighted by Gasteiger charge is -2.14. The predicted octanol–water partition coefficient (Wildman–Crippen LogP) is 2.90. The third-order valence-corrected chi connectivity index (χ3v) is 2.23. The minimum absolute atomic E-state index is 1.12. The van der Waals surface area contributed by atoms with E-state index in [0.29, 0.717) is 0 Å². The maximum atomic E-state index is 5.57. The Hall–Kier alpha value is -1.09. The van der Waals surface area contributed by atoms with Gasteiger partial charge in [-0.25, -0.2) is 0 Å². The summed E-state index contributed by atoms with van der Waals surface area (Å²) in [5.41, 5.74) is 1.12. The summed E-state index contributed by atoms with van der Waals surface area (Å²) in [6.07, 6.45) is 7.28. The van der Waals surface area contributed by atoms with Gasteiger partial charge in [0.15, 0.2) is 0 Å². The quantitative estimate of drug-likeness (QED) is 0.544. The SMILES string of the molecule is C[Si](C)(C)OC=Cc1ccncc1. The molecule has 0 saturated heterocycles. The van der Waals surface area contributed by atoms with Crippen molar-refractivity contribution >= 4 is 14.4 Å². The van der Waals surface area contributed by atoms with Gasteiger partial charge in [0, 0.05) is 12.4 Å². The van der Waals surface area contributed by atoms with Gasteiger partial charge in [0.2, 0.25) is 8.32 Å². The zero-order chi connectivity index (χ0) is 9.73. The highest BCUT2D eigenvalue weighted by atomic mass is 28.4. The Morgan fingerprint density at radius 3 is 2.38 bits per heavy atom. The molecule has 0 spiro atoms. The van der Waals surface area contributed by atoms with Crippen molar-refractivity contribution in [3.63, 3.8) is 0 Å². The summed E-state index contributed by atoms with van der Waals surface area (Å²) in [6, 6.07) is 3.90. The molecule has 1 aromatic rings. The highest BCUT2D eigenvalue weighted by molar-refractivity contribution is 6.69. The summed E-state index contributed by atoms with van der Waals surface area (Å²) < 4.78 is 5.57. The van der Waals surface area contributed by atoms with Gasteiger partial charge in [0.05, 0.1) is 6.26 Å². The largest absolute Gasteiger partial charge is 0.550 e. The van der Waals surface area contributed by atoms with E-state index in [9.17, 15) is 0 Å². The summed E-state index contributed by atoms with van der Waals surface area (Å²) in [5.74, 6) is 0. The molecule has 3 heteroatoms. The minimum atomic E-state index is -1.41. The van der Waals surface area contributed by atoms with Crippen LogP contribution in [0.5, 0.6) is 0 Å². The summed E-state index contributed by atoms with van der Waals surface area (Å²) >= 11 is 0. The van der Waals surface area contributed by atoms with Gasteiger partial charge < -0.3 is 4.43 Å². The van der Waals surface area contributed by atoms with Crippen LogP contribution in [0.1, 0.15) is 5.56 Å². The Labute approximate surface area is 80.4 Å². The van der Waals surface area contributed by atoms with E-state index in [0.717, 1.165) is 5.56 Å². The van der Waals surface area contributed by atoms with Crippen molar-refractivity contribution in [1.29, 1.82) is 0 Å². The summed E-state index contributed by atoms with van der Waals surface area (Å²) in [5, 5.41) is 0. The lowest BCUT2D eigenvalue weighted by atomic mass is 10.3. The number of nitrogens with zero attached hydrogens (tertiary/aromatic N) is 1. The molecular weight excluding hydrogens is 178 g/mol. The Morgan fingerprint density at radius 2 is 1.85 bits per heavy atom. The van der Waals surface area contributed by atoms with Crippen LogP contribution in [0.3, 0.4) is 0 Å². The lowest BCUT2D eigenvalue weighted by Crippen LogP contribution is -2.21. The molecule has 1 aromatic heterocycles. The molecule has 1 heterocycles. The maximum Gasteiger partial charge on any atom is 0.241 e. The first-order valence-corrected chi connectivity index (χ1v) is 7.73. The van der Waals surface area contributed by atoms with E-state index in [4.69, 9.17) is 4.43 Å². The van der Waals surface area contributed by atoms with E-state index < -0.39 is 8.32 Å². The fourth-order valence-electron chi connectivity index (χ4n) is 0.791. The molecule has 0 saturated carbocycles. The zero-order valence-corrected chi connectivity index (χ0v) is 9.32. The summed E-state index contributed by atoms with van der Waals surface area (Å²) in [6.45, 7) is 6.47. The van der Waals surface area contributed by atoms with Crippen molar-refractivity contribution in [1.82, 2.24) is 4.98 Å². The van der Waals surface area contributed by atoms with Crippen molar-refractivity contribution in [3.8, 4) is 0 Å². The van der Waals surface area contributed by atoms with E-state index >= 15 is 0 Å². The maximum absolute atomic E-state index is 5.57. The summed E-state index contributed by atoms with van der Waals surface area (Å²) in [4.78, 5) is 3.94. The van der Waals surface area contributed by atoms with E-state index in [1.165, 1.54) is 0 Å². The van der Waals surface area contributed by atoms with Crippen LogP contribution >= 0.6 is 0 Å². The van der Waals surface area contributed by atoms with Crippen LogP contribution in [0.2, 0.25) is 19.6 Å². The third-order valence-electron chi connectivity index (χ3n) is 1.39. The zero-order valence-electron chi connectivity index (χ0n) is 8.32. The van der Waals surface area contributed by atoms with Gasteiger partial charge in [-0.2, -0.15) is 0 Å². The van der Waals surface area contributed by atoms with E-state index in [2.05, 4.69) is 24.6 Å². The van der Waals surface area contributed by atoms with Crippen molar-refractivity contribution in [3.05, 3.63) is 36.4 Å². The average molecular weight is 193 g/mol. The van der Waals surface area contributed by atoms with Crippen LogP contribution in [-0.4, -0.2) is 13.3 Å². The molecule has 0 amide bonds. The van der Waals surface area contributed by atoms with Crippen molar-refractivity contribution < 1.29 is 4.43 Å². The smallest absolute Gasteiger partial charge is 0.241 e. The number of pyridine rings is 1. The van der Waals surface area contributed by atoms with Gasteiger partial charge in [-0.3, -0.25) is 4.98 Å². The highest BCUT2D eigenvalue weighted by Gasteiger charge is 2.12. The van der Waals surface area contributed by atoms with Gasteiger partial charge in [0.25, 0.3) is 0 Å². The van der Waals surface area contributed by atoms with Gasteiger partial charge in [-0.1, -0.05) is 0 Å². The van der Waals surface area contributed by atoms with Gasteiger partial charge in [-0.15, -0.1) is 0 Å². The highest BCUT2D eigenvalue weighted by Crippen LogP contribution is 2.05. The van der Waals surface area contributed by atoms with Gasteiger partial charge in [0.1, 0.15) is 0 Å². The number of rotatable bonds is 3. The Balaban J connectivity index is 2.51. The first-order chi connectivity index (χ1) is 6.08. The van der Waals surface area contributed by atoms with Crippen LogP contribution in [0.25, 0.3) is 6.08 Å². The molecule has 1 rings (SSSR count). The van der Waals surface area contributed by atoms with Crippen LogP contribution < -0.4 is 0 Å². The van der Waals surface area contributed by atoms with E-state index in [1.54, 1.807) is 18.7 Å². The van der Waals surface area contributed by atoms with Gasteiger partial charge in [-0.05, 0) is 43.4 Å². The molecule has 0 aliphatic carbocycles. The normalized spacial score (nSPS) is 11.9. The standard InChI is InChI=1S/C10H15NOSi/c1-13(2,3)12-9-6-10-4-7-11-8-5-10/h4-9H,1-3H3. The molecule has 0 aliphatic heterocycles. The van der Waals surface area contributed by atoms with Crippen LogP contribution in [0, 0.1) is 0 Å². The van der Waals surface area contributed by atoms with Crippen LogP contribution in [0.15, 0.2) is 30.8 Å². The topological polar surface area (TPSA) is 22.1 Å². The molecule has 0 N–H and O–H groups in total.